The van der Waals surface area contributed by atoms with Crippen LogP contribution in [0.15, 0.2) is 30.3 Å². The fourth-order valence-electron chi connectivity index (χ4n) is 2.43. The van der Waals surface area contributed by atoms with Gasteiger partial charge in [-0.1, -0.05) is 25.1 Å². The van der Waals surface area contributed by atoms with Crippen LogP contribution in [0.3, 0.4) is 0 Å². The van der Waals surface area contributed by atoms with E-state index in [-0.39, 0.29) is 11.7 Å². The summed E-state index contributed by atoms with van der Waals surface area (Å²) in [6, 6.07) is 9.47. The molecular weight excluding hydrogens is 276 g/mol. The van der Waals surface area contributed by atoms with Crippen molar-refractivity contribution in [3.63, 3.8) is 0 Å². The van der Waals surface area contributed by atoms with Gasteiger partial charge in [0.05, 0.1) is 5.25 Å². The first-order valence-electron chi connectivity index (χ1n) is 6.60. The Balaban J connectivity index is 1.75. The van der Waals surface area contributed by atoms with Crippen LogP contribution in [-0.2, 0) is 9.84 Å². The number of aromatic nitrogens is 1. The number of fused-ring (bicyclic) bond motifs is 1. The van der Waals surface area contributed by atoms with Gasteiger partial charge in [-0.15, -0.1) is 0 Å². The van der Waals surface area contributed by atoms with E-state index in [9.17, 15) is 13.2 Å². The second-order valence-electron chi connectivity index (χ2n) is 5.05. The third-order valence-corrected chi connectivity index (χ3v) is 5.92. The molecule has 1 aromatic carbocycles. The number of benzene rings is 1. The summed E-state index contributed by atoms with van der Waals surface area (Å²) < 4.78 is 23.4. The molecule has 1 amide bonds. The normalized spacial score (nSPS) is 16.4. The molecule has 0 saturated carbocycles. The average Bonchev–Trinajstić information content (AvgIpc) is 2.80. The number of carbonyl (C=O) groups excluding carboxylic acids is 1. The Morgan fingerprint density at radius 2 is 2.05 bits per heavy atom. The molecular formula is C14H16N2O3S. The molecule has 0 aliphatic carbocycles. The van der Waals surface area contributed by atoms with Crippen molar-refractivity contribution < 1.29 is 13.2 Å². The molecule has 1 fully saturated rings. The highest BCUT2D eigenvalue weighted by Crippen LogP contribution is 2.21. The summed E-state index contributed by atoms with van der Waals surface area (Å²) in [6.07, 6.45) is 0. The Hall–Kier alpha value is -1.82. The number of sulfone groups is 1. The Bertz CT molecular complexity index is 725. The van der Waals surface area contributed by atoms with Crippen LogP contribution >= 0.6 is 0 Å². The zero-order valence-corrected chi connectivity index (χ0v) is 12.0. The van der Waals surface area contributed by atoms with E-state index in [1.807, 2.05) is 24.3 Å². The van der Waals surface area contributed by atoms with Gasteiger partial charge in [0.15, 0.2) is 9.84 Å². The number of carbonyl (C=O) groups is 1. The molecule has 0 unspecified atom stereocenters. The fourth-order valence-corrected chi connectivity index (χ4v) is 3.71. The first kappa shape index (κ1) is 13.2. The van der Waals surface area contributed by atoms with Gasteiger partial charge in [0.25, 0.3) is 5.91 Å². The van der Waals surface area contributed by atoms with Gasteiger partial charge in [0.1, 0.15) is 5.69 Å². The van der Waals surface area contributed by atoms with E-state index in [0.717, 1.165) is 10.9 Å². The molecule has 0 spiro atoms. The molecule has 5 nitrogen and oxygen atoms in total. The first-order chi connectivity index (χ1) is 9.51. The first-order valence-corrected chi connectivity index (χ1v) is 8.31. The quantitative estimate of drug-likeness (QED) is 0.930. The van der Waals surface area contributed by atoms with Crippen LogP contribution in [0, 0.1) is 0 Å². The number of nitrogens with one attached hydrogen (secondary N) is 1. The van der Waals surface area contributed by atoms with Crippen molar-refractivity contribution in [3.8, 4) is 0 Å². The number of hydrogen-bond acceptors (Lipinski definition) is 3. The van der Waals surface area contributed by atoms with Crippen LogP contribution in [0.25, 0.3) is 10.9 Å². The molecule has 6 heteroatoms. The van der Waals surface area contributed by atoms with Gasteiger partial charge in [-0.2, -0.15) is 0 Å². The summed E-state index contributed by atoms with van der Waals surface area (Å²) in [7, 11) is -3.04. The molecule has 20 heavy (non-hydrogen) atoms. The van der Waals surface area contributed by atoms with Crippen LogP contribution in [0.4, 0.5) is 0 Å². The molecule has 106 valence electrons. The number of para-hydroxylation sites is 1. The number of amides is 1. The number of nitrogens with zero attached hydrogens (tertiary/aromatic N) is 1. The van der Waals surface area contributed by atoms with Crippen LogP contribution in [0.2, 0.25) is 0 Å². The molecule has 1 N–H and O–H groups in total. The minimum absolute atomic E-state index is 0.131. The highest BCUT2D eigenvalue weighted by molar-refractivity contribution is 7.92. The van der Waals surface area contributed by atoms with Crippen molar-refractivity contribution in [1.29, 1.82) is 0 Å². The number of likely N-dealkylation sites (tertiary alicyclic amines) is 1. The lowest BCUT2D eigenvalue weighted by atomic mass is 10.2. The van der Waals surface area contributed by atoms with Crippen molar-refractivity contribution in [2.75, 3.05) is 18.8 Å². The Morgan fingerprint density at radius 1 is 1.35 bits per heavy atom. The van der Waals surface area contributed by atoms with Crippen molar-refractivity contribution >= 4 is 26.6 Å². The standard InChI is InChI=1S/C14H16N2O3S/c1-2-20(18,19)11-8-16(9-11)14(17)13-7-10-5-3-4-6-12(10)15-13/h3-7,11,15H,2,8-9H2,1H3. The molecule has 1 aromatic heterocycles. The summed E-state index contributed by atoms with van der Waals surface area (Å²) >= 11 is 0. The largest absolute Gasteiger partial charge is 0.351 e. The highest BCUT2D eigenvalue weighted by Gasteiger charge is 2.39. The van der Waals surface area contributed by atoms with E-state index in [1.54, 1.807) is 17.9 Å². The highest BCUT2D eigenvalue weighted by atomic mass is 32.2. The van der Waals surface area contributed by atoms with Crippen molar-refractivity contribution in [3.05, 3.63) is 36.0 Å². The summed E-state index contributed by atoms with van der Waals surface area (Å²) in [6.45, 7) is 2.23. The number of rotatable bonds is 3. The van der Waals surface area contributed by atoms with Crippen LogP contribution < -0.4 is 0 Å². The fraction of sp³-hybridized carbons (Fsp3) is 0.357. The zero-order chi connectivity index (χ0) is 14.3. The maximum absolute atomic E-state index is 12.3. The summed E-state index contributed by atoms with van der Waals surface area (Å²) in [5, 5.41) is 0.579. The van der Waals surface area contributed by atoms with Gasteiger partial charge in [-0.3, -0.25) is 4.79 Å². The molecule has 0 atom stereocenters. The third-order valence-electron chi connectivity index (χ3n) is 3.81. The lowest BCUT2D eigenvalue weighted by Crippen LogP contribution is -2.57. The van der Waals surface area contributed by atoms with E-state index < -0.39 is 15.1 Å². The second-order valence-corrected chi connectivity index (χ2v) is 7.62. The maximum Gasteiger partial charge on any atom is 0.270 e. The molecule has 1 aliphatic rings. The average molecular weight is 292 g/mol. The van der Waals surface area contributed by atoms with Gasteiger partial charge in [-0.25, -0.2) is 8.42 Å². The van der Waals surface area contributed by atoms with Crippen LogP contribution in [-0.4, -0.2) is 48.3 Å². The van der Waals surface area contributed by atoms with Crippen molar-refractivity contribution in [1.82, 2.24) is 9.88 Å². The summed E-state index contributed by atoms with van der Waals surface area (Å²) in [4.78, 5) is 16.9. The van der Waals surface area contributed by atoms with E-state index in [0.29, 0.717) is 18.8 Å². The van der Waals surface area contributed by atoms with Gasteiger partial charge in [0, 0.05) is 29.7 Å². The third kappa shape index (κ3) is 2.10. The van der Waals surface area contributed by atoms with Crippen LogP contribution in [0.1, 0.15) is 17.4 Å². The predicted octanol–water partition coefficient (Wildman–Crippen LogP) is 1.43. The maximum atomic E-state index is 12.3. The lowest BCUT2D eigenvalue weighted by molar-refractivity contribution is 0.0654. The number of hydrogen-bond donors (Lipinski definition) is 1. The molecule has 0 bridgehead atoms. The SMILES string of the molecule is CCS(=O)(=O)C1CN(C(=O)c2cc3ccccc3[nH]2)C1. The van der Waals surface area contributed by atoms with Gasteiger partial charge < -0.3 is 9.88 Å². The zero-order valence-electron chi connectivity index (χ0n) is 11.2. The molecule has 1 saturated heterocycles. The van der Waals surface area contributed by atoms with Gasteiger partial charge >= 0.3 is 0 Å². The van der Waals surface area contributed by atoms with Gasteiger partial charge in [-0.05, 0) is 12.1 Å². The monoisotopic (exact) mass is 292 g/mol. The topological polar surface area (TPSA) is 70.2 Å². The Morgan fingerprint density at radius 3 is 2.70 bits per heavy atom. The van der Waals surface area contributed by atoms with Crippen molar-refractivity contribution in [2.45, 2.75) is 12.2 Å². The molecule has 3 rings (SSSR count). The second kappa shape index (κ2) is 4.63. The minimum Gasteiger partial charge on any atom is -0.351 e. The smallest absolute Gasteiger partial charge is 0.270 e. The summed E-state index contributed by atoms with van der Waals surface area (Å²) in [5.74, 6) is -0.00438. The Kier molecular flexibility index (Phi) is 3.05. The minimum atomic E-state index is -3.04. The molecule has 1 aliphatic heterocycles. The Labute approximate surface area is 117 Å². The molecule has 2 heterocycles. The molecule has 2 aromatic rings. The van der Waals surface area contributed by atoms with E-state index >= 15 is 0 Å². The van der Waals surface area contributed by atoms with E-state index in [2.05, 4.69) is 4.98 Å². The number of aromatic amines is 1. The van der Waals surface area contributed by atoms with Gasteiger partial charge in [0.2, 0.25) is 0 Å². The van der Waals surface area contributed by atoms with Crippen LogP contribution in [0.5, 0.6) is 0 Å². The van der Waals surface area contributed by atoms with E-state index in [4.69, 9.17) is 0 Å². The number of H-pyrrole nitrogens is 1. The predicted molar refractivity (Wildman–Crippen MR) is 77.5 cm³/mol. The molecule has 0 radical (unpaired) electrons. The van der Waals surface area contributed by atoms with Crippen molar-refractivity contribution in [2.24, 2.45) is 0 Å². The lowest BCUT2D eigenvalue weighted by Gasteiger charge is -2.38. The summed E-state index contributed by atoms with van der Waals surface area (Å²) in [5.41, 5.74) is 1.42. The van der Waals surface area contributed by atoms with E-state index in [1.165, 1.54) is 0 Å².